The molecule has 2 saturated heterocycles. The molecule has 3 aliphatic rings. The highest BCUT2D eigenvalue weighted by Gasteiger charge is 2.55. The summed E-state index contributed by atoms with van der Waals surface area (Å²) in [5, 5.41) is 8.21. The van der Waals surface area contributed by atoms with Crippen molar-refractivity contribution in [3.63, 3.8) is 0 Å². The van der Waals surface area contributed by atoms with Crippen molar-refractivity contribution in [3.8, 4) is 0 Å². The van der Waals surface area contributed by atoms with Crippen LogP contribution in [-0.4, -0.2) is 77.0 Å². The Labute approximate surface area is 228 Å². The predicted octanol–water partition coefficient (Wildman–Crippen LogP) is 4.81. The van der Waals surface area contributed by atoms with Crippen LogP contribution in [-0.2, 0) is 39.0 Å². The zero-order valence-corrected chi connectivity index (χ0v) is 24.1. The van der Waals surface area contributed by atoms with Crippen molar-refractivity contribution < 1.29 is 32.6 Å². The zero-order valence-electron chi connectivity index (χ0n) is 22.4. The SMILES string of the molecule is CCOP(=O)(COC[C@H]1O[C@H](Cc2ccc3c(NC4CCCC4)nc(Cl)nn23)[C@@H]2OC(C)(C)O[C@@H]21)OCC. The molecular weight excluding hydrogens is 535 g/mol. The molecule has 1 N–H and O–H groups in total. The second-order valence-electron chi connectivity index (χ2n) is 10.4. The molecule has 212 valence electrons. The maximum Gasteiger partial charge on any atom is 0.356 e. The Morgan fingerprint density at radius 2 is 1.82 bits per heavy atom. The number of anilines is 1. The van der Waals surface area contributed by atoms with Crippen molar-refractivity contribution in [2.24, 2.45) is 0 Å². The molecule has 38 heavy (non-hydrogen) atoms. The van der Waals surface area contributed by atoms with Gasteiger partial charge >= 0.3 is 7.60 Å². The van der Waals surface area contributed by atoms with Crippen LogP contribution in [0.25, 0.3) is 5.52 Å². The van der Waals surface area contributed by atoms with E-state index < -0.39 is 19.5 Å². The largest absolute Gasteiger partial charge is 0.367 e. The summed E-state index contributed by atoms with van der Waals surface area (Å²) in [4.78, 5) is 4.46. The molecule has 0 unspecified atom stereocenters. The first kappa shape index (κ1) is 28.2. The lowest BCUT2D eigenvalue weighted by Crippen LogP contribution is -2.33. The van der Waals surface area contributed by atoms with Crippen LogP contribution in [0.2, 0.25) is 5.28 Å². The number of hydrogen-bond acceptors (Lipinski definition) is 10. The van der Waals surface area contributed by atoms with Crippen LogP contribution in [0.4, 0.5) is 5.82 Å². The number of hydrogen-bond donors (Lipinski definition) is 1. The zero-order chi connectivity index (χ0) is 26.9. The average molecular weight is 573 g/mol. The molecule has 1 saturated carbocycles. The quantitative estimate of drug-likeness (QED) is 0.355. The van der Waals surface area contributed by atoms with E-state index in [2.05, 4.69) is 15.4 Å². The van der Waals surface area contributed by atoms with Gasteiger partial charge in [-0.15, -0.1) is 5.10 Å². The molecule has 4 heterocycles. The predicted molar refractivity (Wildman–Crippen MR) is 142 cm³/mol. The molecule has 3 fully saturated rings. The van der Waals surface area contributed by atoms with E-state index in [-0.39, 0.29) is 49.8 Å². The number of ether oxygens (including phenoxy) is 4. The van der Waals surface area contributed by atoms with Gasteiger partial charge in [-0.2, -0.15) is 4.98 Å². The minimum Gasteiger partial charge on any atom is -0.367 e. The normalized spacial score (nSPS) is 27.4. The fraction of sp³-hybridized carbons (Fsp3) is 0.760. The maximum atomic E-state index is 12.8. The molecule has 1 aliphatic carbocycles. The van der Waals surface area contributed by atoms with Crippen molar-refractivity contribution in [3.05, 3.63) is 23.1 Å². The van der Waals surface area contributed by atoms with E-state index in [1.165, 1.54) is 12.8 Å². The molecular formula is C25H38ClN4O7P. The van der Waals surface area contributed by atoms with Crippen LogP contribution in [0, 0.1) is 0 Å². The summed E-state index contributed by atoms with van der Waals surface area (Å²) in [6.45, 7) is 8.02. The topological polar surface area (TPSA) is 115 Å². The van der Waals surface area contributed by atoms with Crippen molar-refractivity contribution in [2.45, 2.75) is 96.0 Å². The van der Waals surface area contributed by atoms with Gasteiger partial charge in [0.2, 0.25) is 5.28 Å². The van der Waals surface area contributed by atoms with Gasteiger partial charge in [0.25, 0.3) is 0 Å². The van der Waals surface area contributed by atoms with E-state index in [9.17, 15) is 4.57 Å². The van der Waals surface area contributed by atoms with E-state index in [1.54, 1.807) is 13.8 Å². The minimum absolute atomic E-state index is 0.156. The molecule has 0 radical (unpaired) electrons. The number of rotatable bonds is 12. The smallest absolute Gasteiger partial charge is 0.356 e. The monoisotopic (exact) mass is 572 g/mol. The first-order valence-corrected chi connectivity index (χ1v) is 15.6. The van der Waals surface area contributed by atoms with Gasteiger partial charge in [-0.1, -0.05) is 12.8 Å². The number of nitrogens with one attached hydrogen (secondary N) is 1. The van der Waals surface area contributed by atoms with Crippen LogP contribution < -0.4 is 5.32 Å². The molecule has 2 aromatic heterocycles. The fourth-order valence-electron chi connectivity index (χ4n) is 5.61. The molecule has 5 rings (SSSR count). The summed E-state index contributed by atoms with van der Waals surface area (Å²) in [5.74, 6) is -0.0126. The van der Waals surface area contributed by atoms with E-state index >= 15 is 0 Å². The van der Waals surface area contributed by atoms with Crippen LogP contribution in [0.5, 0.6) is 0 Å². The standard InChI is InChI=1S/C25H38ClN4O7P/c1-5-33-38(31,34-6-2)15-32-14-20-22-21(36-25(3,4)37-22)19(35-20)13-17-11-12-18-23(27-16-9-7-8-10-16)28-24(26)29-30(17)18/h11-12,16,19-22H,5-10,13-15H2,1-4H3,(H,27,28,29)/t19-,20-,21+,22-/m1/s1. The number of nitrogens with zero attached hydrogens (tertiary/aromatic N) is 3. The van der Waals surface area contributed by atoms with Crippen LogP contribution in [0.1, 0.15) is 59.1 Å². The lowest BCUT2D eigenvalue weighted by molar-refractivity contribution is -0.191. The van der Waals surface area contributed by atoms with Gasteiger partial charge in [-0.25, -0.2) is 4.52 Å². The van der Waals surface area contributed by atoms with Crippen molar-refractivity contribution in [1.29, 1.82) is 0 Å². The third kappa shape index (κ3) is 6.20. The van der Waals surface area contributed by atoms with Gasteiger partial charge in [0.1, 0.15) is 30.2 Å². The highest BCUT2D eigenvalue weighted by Crippen LogP contribution is 2.48. The van der Waals surface area contributed by atoms with E-state index in [0.29, 0.717) is 12.5 Å². The highest BCUT2D eigenvalue weighted by molar-refractivity contribution is 7.53. The Morgan fingerprint density at radius 3 is 2.50 bits per heavy atom. The molecule has 2 aliphatic heterocycles. The molecule has 11 nitrogen and oxygen atoms in total. The maximum absolute atomic E-state index is 12.8. The van der Waals surface area contributed by atoms with Crippen LogP contribution in [0.15, 0.2) is 12.1 Å². The highest BCUT2D eigenvalue weighted by atomic mass is 35.5. The third-order valence-electron chi connectivity index (χ3n) is 7.10. The molecule has 4 atom stereocenters. The van der Waals surface area contributed by atoms with Gasteiger partial charge < -0.3 is 33.3 Å². The van der Waals surface area contributed by atoms with Gasteiger partial charge in [0.05, 0.1) is 25.9 Å². The second-order valence-corrected chi connectivity index (χ2v) is 12.7. The summed E-state index contributed by atoms with van der Waals surface area (Å²) in [5.41, 5.74) is 1.80. The molecule has 0 amide bonds. The lowest BCUT2D eigenvalue weighted by atomic mass is 10.0. The van der Waals surface area contributed by atoms with Crippen LogP contribution >= 0.6 is 19.2 Å². The summed E-state index contributed by atoms with van der Waals surface area (Å²) >= 11 is 6.32. The lowest BCUT2D eigenvalue weighted by Gasteiger charge is -2.24. The number of fused-ring (bicyclic) bond motifs is 2. The first-order chi connectivity index (χ1) is 18.2. The molecule has 0 spiro atoms. The molecule has 2 aromatic rings. The van der Waals surface area contributed by atoms with Crippen molar-refractivity contribution >= 4 is 30.5 Å². The van der Waals surface area contributed by atoms with Gasteiger partial charge in [0.15, 0.2) is 11.6 Å². The summed E-state index contributed by atoms with van der Waals surface area (Å²) < 4.78 is 49.9. The van der Waals surface area contributed by atoms with Crippen molar-refractivity contribution in [2.75, 3.05) is 31.5 Å². The molecule has 0 bridgehead atoms. The molecule has 0 aromatic carbocycles. The Bertz CT molecular complexity index is 1150. The molecule has 13 heteroatoms. The third-order valence-corrected chi connectivity index (χ3v) is 9.06. The second kappa shape index (κ2) is 11.7. The fourth-order valence-corrected chi connectivity index (χ4v) is 7.11. The van der Waals surface area contributed by atoms with E-state index in [4.69, 9.17) is 39.6 Å². The van der Waals surface area contributed by atoms with Gasteiger partial charge in [-0.05, 0) is 64.3 Å². The average Bonchev–Trinajstić information content (AvgIpc) is 3.61. The van der Waals surface area contributed by atoms with E-state index in [0.717, 1.165) is 29.9 Å². The summed E-state index contributed by atoms with van der Waals surface area (Å²) in [6.07, 6.45) is 3.71. The van der Waals surface area contributed by atoms with E-state index in [1.807, 2.05) is 30.5 Å². The number of halogens is 1. The first-order valence-electron chi connectivity index (χ1n) is 13.5. The minimum atomic E-state index is -3.33. The summed E-state index contributed by atoms with van der Waals surface area (Å²) in [6, 6.07) is 4.42. The van der Waals surface area contributed by atoms with Crippen LogP contribution in [0.3, 0.4) is 0 Å². The number of aromatic nitrogens is 3. The van der Waals surface area contributed by atoms with Crippen molar-refractivity contribution in [1.82, 2.24) is 14.6 Å². The van der Waals surface area contributed by atoms with Gasteiger partial charge in [0, 0.05) is 18.2 Å². The Kier molecular flexibility index (Phi) is 8.67. The Morgan fingerprint density at radius 1 is 1.13 bits per heavy atom. The van der Waals surface area contributed by atoms with Gasteiger partial charge in [-0.3, -0.25) is 4.57 Å². The Balaban J connectivity index is 1.30. The summed E-state index contributed by atoms with van der Waals surface area (Å²) in [7, 11) is -3.33. The Hall–Kier alpha value is -1.30.